The molecule has 1 aliphatic rings. The van der Waals surface area contributed by atoms with Crippen LogP contribution in [0.25, 0.3) is 0 Å². The summed E-state index contributed by atoms with van der Waals surface area (Å²) in [6, 6.07) is -0.153. The third kappa shape index (κ3) is 6.19. The van der Waals surface area contributed by atoms with Gasteiger partial charge in [-0.2, -0.15) is 0 Å². The average molecular weight is 321 g/mol. The molecule has 0 aromatic heterocycles. The van der Waals surface area contributed by atoms with Crippen molar-refractivity contribution in [2.24, 2.45) is 5.73 Å². The van der Waals surface area contributed by atoms with Crippen LogP contribution < -0.4 is 11.1 Å². The fraction of sp³-hybridized carbons (Fsp3) is 0.923. The van der Waals surface area contributed by atoms with E-state index in [0.29, 0.717) is 19.5 Å². The standard InChI is InChI=1S/C13H27N3O4S/c1-13(2,3)20-12(17)15-8-11(7-14)16(4)10-5-6-21(18,19)9-10/h10-11H,5-9,14H2,1-4H3,(H,15,17). The highest BCUT2D eigenvalue weighted by Crippen LogP contribution is 2.18. The Morgan fingerprint density at radius 1 is 1.48 bits per heavy atom. The number of amides is 1. The van der Waals surface area contributed by atoms with Gasteiger partial charge in [0.25, 0.3) is 0 Å². The van der Waals surface area contributed by atoms with Gasteiger partial charge in [0.2, 0.25) is 0 Å². The van der Waals surface area contributed by atoms with Gasteiger partial charge in [0.05, 0.1) is 11.5 Å². The highest BCUT2D eigenvalue weighted by molar-refractivity contribution is 7.91. The van der Waals surface area contributed by atoms with Crippen LogP contribution in [0.2, 0.25) is 0 Å². The van der Waals surface area contributed by atoms with Gasteiger partial charge >= 0.3 is 6.09 Å². The minimum Gasteiger partial charge on any atom is -0.444 e. The van der Waals surface area contributed by atoms with Crippen molar-refractivity contribution in [1.29, 1.82) is 0 Å². The highest BCUT2D eigenvalue weighted by atomic mass is 32.2. The molecule has 124 valence electrons. The second kappa shape index (κ2) is 6.93. The molecule has 0 saturated carbocycles. The fourth-order valence-electron chi connectivity index (χ4n) is 2.30. The zero-order valence-corrected chi connectivity index (χ0v) is 14.1. The van der Waals surface area contributed by atoms with Gasteiger partial charge in [0, 0.05) is 25.2 Å². The Balaban J connectivity index is 2.49. The van der Waals surface area contributed by atoms with E-state index in [-0.39, 0.29) is 23.6 Å². The molecule has 21 heavy (non-hydrogen) atoms. The summed E-state index contributed by atoms with van der Waals surface area (Å²) in [7, 11) is -1.09. The minimum atomic E-state index is -2.93. The Labute approximate surface area is 127 Å². The maximum Gasteiger partial charge on any atom is 0.407 e. The topological polar surface area (TPSA) is 102 Å². The molecule has 3 N–H and O–H groups in total. The van der Waals surface area contributed by atoms with Crippen molar-refractivity contribution in [3.63, 3.8) is 0 Å². The lowest BCUT2D eigenvalue weighted by Gasteiger charge is -2.32. The van der Waals surface area contributed by atoms with Crippen LogP contribution in [0.5, 0.6) is 0 Å². The molecule has 1 fully saturated rings. The first kappa shape index (κ1) is 18.2. The Morgan fingerprint density at radius 3 is 2.52 bits per heavy atom. The quantitative estimate of drug-likeness (QED) is 0.736. The summed E-state index contributed by atoms with van der Waals surface area (Å²) >= 11 is 0. The van der Waals surface area contributed by atoms with Crippen molar-refractivity contribution in [3.8, 4) is 0 Å². The van der Waals surface area contributed by atoms with E-state index in [0.717, 1.165) is 0 Å². The maximum absolute atomic E-state index is 11.6. The average Bonchev–Trinajstić information content (AvgIpc) is 2.68. The van der Waals surface area contributed by atoms with E-state index in [1.165, 1.54) is 0 Å². The van der Waals surface area contributed by atoms with Crippen LogP contribution in [0.1, 0.15) is 27.2 Å². The molecule has 0 aliphatic carbocycles. The van der Waals surface area contributed by atoms with Crippen LogP contribution in [0.4, 0.5) is 4.79 Å². The summed E-state index contributed by atoms with van der Waals surface area (Å²) in [5.41, 5.74) is 5.19. The number of likely N-dealkylation sites (N-methyl/N-ethyl adjacent to an activating group) is 1. The monoisotopic (exact) mass is 321 g/mol. The molecule has 0 bridgehead atoms. The molecule has 7 nitrogen and oxygen atoms in total. The second-order valence-corrected chi connectivity index (χ2v) is 8.72. The number of hydrogen-bond acceptors (Lipinski definition) is 6. The molecule has 2 atom stereocenters. The van der Waals surface area contributed by atoms with E-state index in [2.05, 4.69) is 5.32 Å². The number of ether oxygens (including phenoxy) is 1. The molecule has 2 unspecified atom stereocenters. The summed E-state index contributed by atoms with van der Waals surface area (Å²) < 4.78 is 28.2. The Bertz CT molecular complexity index is 459. The number of hydrogen-bond donors (Lipinski definition) is 2. The number of nitrogens with one attached hydrogen (secondary N) is 1. The summed E-state index contributed by atoms with van der Waals surface area (Å²) in [5, 5.41) is 2.68. The minimum absolute atomic E-state index is 0.0380. The highest BCUT2D eigenvalue weighted by Gasteiger charge is 2.33. The van der Waals surface area contributed by atoms with Gasteiger partial charge in [0.1, 0.15) is 5.60 Å². The third-order valence-corrected chi connectivity index (χ3v) is 5.26. The van der Waals surface area contributed by atoms with Crippen LogP contribution >= 0.6 is 0 Å². The number of nitrogens with two attached hydrogens (primary N) is 1. The van der Waals surface area contributed by atoms with E-state index in [4.69, 9.17) is 10.5 Å². The molecule has 1 aliphatic heterocycles. The Hall–Kier alpha value is -0.860. The molecule has 1 heterocycles. The zero-order chi connectivity index (χ0) is 16.3. The summed E-state index contributed by atoms with van der Waals surface area (Å²) in [6.45, 7) is 6.05. The lowest BCUT2D eigenvalue weighted by atomic mass is 10.1. The number of sulfone groups is 1. The predicted octanol–water partition coefficient (Wildman–Crippen LogP) is -0.0427. The zero-order valence-electron chi connectivity index (χ0n) is 13.3. The van der Waals surface area contributed by atoms with Gasteiger partial charge in [-0.15, -0.1) is 0 Å². The lowest BCUT2D eigenvalue weighted by Crippen LogP contribution is -2.51. The van der Waals surface area contributed by atoms with Gasteiger partial charge in [-0.05, 0) is 34.2 Å². The smallest absolute Gasteiger partial charge is 0.407 e. The second-order valence-electron chi connectivity index (χ2n) is 6.49. The number of carbonyl (C=O) groups is 1. The normalized spacial score (nSPS) is 23.0. The first-order valence-corrected chi connectivity index (χ1v) is 8.95. The molecule has 1 saturated heterocycles. The summed E-state index contributed by atoms with van der Waals surface area (Å²) in [6.07, 6.45) is 0.121. The fourth-order valence-corrected chi connectivity index (χ4v) is 4.09. The van der Waals surface area contributed by atoms with Gasteiger partial charge in [-0.1, -0.05) is 0 Å². The van der Waals surface area contributed by atoms with Gasteiger partial charge in [0.15, 0.2) is 9.84 Å². The first-order chi connectivity index (χ1) is 9.54. The van der Waals surface area contributed by atoms with Gasteiger partial charge < -0.3 is 15.8 Å². The number of carbonyl (C=O) groups excluding carboxylic acids is 1. The van der Waals surface area contributed by atoms with Crippen LogP contribution in [0.3, 0.4) is 0 Å². The van der Waals surface area contributed by atoms with E-state index in [1.54, 1.807) is 20.8 Å². The van der Waals surface area contributed by atoms with Crippen molar-refractivity contribution in [1.82, 2.24) is 10.2 Å². The van der Waals surface area contributed by atoms with Crippen molar-refractivity contribution in [2.75, 3.05) is 31.6 Å². The van der Waals surface area contributed by atoms with E-state index in [1.807, 2.05) is 11.9 Å². The Morgan fingerprint density at radius 2 is 2.10 bits per heavy atom. The molecular weight excluding hydrogens is 294 g/mol. The molecule has 0 aromatic carbocycles. The molecule has 0 spiro atoms. The van der Waals surface area contributed by atoms with Crippen LogP contribution in [0.15, 0.2) is 0 Å². The third-order valence-electron chi connectivity index (χ3n) is 3.51. The SMILES string of the molecule is CN(C(CN)CNC(=O)OC(C)(C)C)C1CCS(=O)(=O)C1. The van der Waals surface area contributed by atoms with Crippen molar-refractivity contribution >= 4 is 15.9 Å². The van der Waals surface area contributed by atoms with Crippen LogP contribution in [0, 0.1) is 0 Å². The van der Waals surface area contributed by atoms with Crippen LogP contribution in [-0.2, 0) is 14.6 Å². The molecule has 0 radical (unpaired) electrons. The van der Waals surface area contributed by atoms with E-state index >= 15 is 0 Å². The van der Waals surface area contributed by atoms with Crippen LogP contribution in [-0.4, -0.2) is 68.7 Å². The molecule has 1 amide bonds. The number of alkyl carbamates (subject to hydrolysis) is 1. The largest absolute Gasteiger partial charge is 0.444 e. The predicted molar refractivity (Wildman–Crippen MR) is 81.9 cm³/mol. The maximum atomic E-state index is 11.6. The van der Waals surface area contributed by atoms with E-state index in [9.17, 15) is 13.2 Å². The lowest BCUT2D eigenvalue weighted by molar-refractivity contribution is 0.0506. The number of rotatable bonds is 5. The summed E-state index contributed by atoms with van der Waals surface area (Å²) in [4.78, 5) is 13.6. The van der Waals surface area contributed by atoms with Gasteiger partial charge in [-0.3, -0.25) is 4.90 Å². The van der Waals surface area contributed by atoms with Gasteiger partial charge in [-0.25, -0.2) is 13.2 Å². The van der Waals surface area contributed by atoms with Crippen molar-refractivity contribution < 1.29 is 17.9 Å². The summed E-state index contributed by atoms with van der Waals surface area (Å²) in [5.74, 6) is 0.380. The molecular formula is C13H27N3O4S. The molecule has 1 rings (SSSR count). The Kier molecular flexibility index (Phi) is 6.01. The number of nitrogens with zero attached hydrogens (tertiary/aromatic N) is 1. The van der Waals surface area contributed by atoms with Crippen molar-refractivity contribution in [3.05, 3.63) is 0 Å². The van der Waals surface area contributed by atoms with Crippen molar-refractivity contribution in [2.45, 2.75) is 44.9 Å². The molecule has 0 aromatic rings. The molecule has 8 heteroatoms. The first-order valence-electron chi connectivity index (χ1n) is 7.13. The van der Waals surface area contributed by atoms with E-state index < -0.39 is 21.5 Å².